The second-order valence-electron chi connectivity index (χ2n) is 5.88. The third-order valence-electron chi connectivity index (χ3n) is 4.20. The maximum atomic E-state index is 10.0. The highest BCUT2D eigenvalue weighted by Gasteiger charge is 2.18. The van der Waals surface area contributed by atoms with Crippen LogP contribution in [-0.2, 0) is 0 Å². The number of ether oxygens (including phenoxy) is 1. The Hall–Kier alpha value is -2.50. The molecule has 3 N–H and O–H groups in total. The summed E-state index contributed by atoms with van der Waals surface area (Å²) in [4.78, 5) is 0. The number of hydrogen-bond acceptors (Lipinski definition) is 5. The van der Waals surface area contributed by atoms with Gasteiger partial charge in [0.1, 0.15) is 17.4 Å². The van der Waals surface area contributed by atoms with E-state index in [0.29, 0.717) is 22.7 Å². The maximum Gasteiger partial charge on any atom is 0.161 e. The second kappa shape index (κ2) is 6.19. The van der Waals surface area contributed by atoms with Crippen molar-refractivity contribution in [1.29, 1.82) is 0 Å². The number of furan rings is 1. The third kappa shape index (κ3) is 2.72. The molecule has 0 aliphatic heterocycles. The Balaban J connectivity index is 2.12. The first-order valence-corrected chi connectivity index (χ1v) is 7.69. The van der Waals surface area contributed by atoms with Crippen LogP contribution in [0.15, 0.2) is 40.8 Å². The van der Waals surface area contributed by atoms with E-state index in [9.17, 15) is 15.3 Å². The van der Waals surface area contributed by atoms with E-state index in [2.05, 4.69) is 0 Å². The van der Waals surface area contributed by atoms with Crippen molar-refractivity contribution in [2.75, 3.05) is 7.11 Å². The summed E-state index contributed by atoms with van der Waals surface area (Å²) in [6, 6.07) is 10.4. The lowest BCUT2D eigenvalue weighted by Crippen LogP contribution is -2.13. The molecular formula is C19H20O5. The van der Waals surface area contributed by atoms with Crippen LogP contribution in [0.5, 0.6) is 11.5 Å². The topological polar surface area (TPSA) is 83.1 Å². The van der Waals surface area contributed by atoms with Crippen LogP contribution in [0.1, 0.15) is 24.2 Å². The maximum absolute atomic E-state index is 10.0. The molecule has 0 amide bonds. The van der Waals surface area contributed by atoms with Gasteiger partial charge >= 0.3 is 0 Å². The monoisotopic (exact) mass is 328 g/mol. The van der Waals surface area contributed by atoms with Gasteiger partial charge in [-0.2, -0.15) is 0 Å². The predicted octanol–water partition coefficient (Wildman–Crippen LogP) is 3.54. The lowest BCUT2D eigenvalue weighted by molar-refractivity contribution is 0.0306. The van der Waals surface area contributed by atoms with Gasteiger partial charge in [-0.25, -0.2) is 0 Å². The van der Waals surface area contributed by atoms with Crippen LogP contribution in [0.3, 0.4) is 0 Å². The van der Waals surface area contributed by atoms with Crippen molar-refractivity contribution >= 4 is 11.0 Å². The Labute approximate surface area is 139 Å². The summed E-state index contributed by atoms with van der Waals surface area (Å²) in [5.41, 5.74) is 3.03. The zero-order valence-corrected chi connectivity index (χ0v) is 13.8. The molecule has 2 atom stereocenters. The smallest absolute Gasteiger partial charge is 0.161 e. The minimum atomic E-state index is -0.944. The van der Waals surface area contributed by atoms with E-state index in [4.69, 9.17) is 9.15 Å². The minimum Gasteiger partial charge on any atom is -0.504 e. The van der Waals surface area contributed by atoms with Gasteiger partial charge in [0, 0.05) is 16.5 Å². The molecule has 3 rings (SSSR count). The van der Waals surface area contributed by atoms with Gasteiger partial charge in [-0.05, 0) is 49.7 Å². The van der Waals surface area contributed by atoms with E-state index in [1.807, 2.05) is 13.0 Å². The van der Waals surface area contributed by atoms with Crippen LogP contribution in [0, 0.1) is 6.92 Å². The number of aliphatic hydroxyl groups excluding tert-OH is 2. The molecule has 1 aromatic heterocycles. The zero-order chi connectivity index (χ0) is 17.4. The third-order valence-corrected chi connectivity index (χ3v) is 4.20. The number of aryl methyl sites for hydroxylation is 1. The lowest BCUT2D eigenvalue weighted by Gasteiger charge is -2.13. The van der Waals surface area contributed by atoms with Crippen LogP contribution in [0.4, 0.5) is 0 Å². The fourth-order valence-electron chi connectivity index (χ4n) is 2.80. The number of aromatic hydroxyl groups is 1. The van der Waals surface area contributed by atoms with Gasteiger partial charge in [0.15, 0.2) is 11.5 Å². The van der Waals surface area contributed by atoms with Crippen LogP contribution in [0.25, 0.3) is 22.3 Å². The molecule has 0 aliphatic rings. The quantitative estimate of drug-likeness (QED) is 0.682. The normalized spacial score (nSPS) is 13.9. The number of methoxy groups -OCH3 is 1. The summed E-state index contributed by atoms with van der Waals surface area (Å²) in [6.07, 6.45) is -1.79. The molecular weight excluding hydrogens is 308 g/mol. The average Bonchev–Trinajstić information content (AvgIpc) is 2.91. The Morgan fingerprint density at radius 2 is 1.83 bits per heavy atom. The Morgan fingerprint density at radius 1 is 1.08 bits per heavy atom. The van der Waals surface area contributed by atoms with Crippen molar-refractivity contribution in [3.63, 3.8) is 0 Å². The van der Waals surface area contributed by atoms with Gasteiger partial charge in [-0.3, -0.25) is 0 Å². The zero-order valence-electron chi connectivity index (χ0n) is 13.8. The molecule has 0 saturated heterocycles. The van der Waals surface area contributed by atoms with Gasteiger partial charge in [-0.1, -0.05) is 6.07 Å². The van der Waals surface area contributed by atoms with Crippen LogP contribution in [0.2, 0.25) is 0 Å². The summed E-state index contributed by atoms with van der Waals surface area (Å²) in [5.74, 6) is 1.11. The Kier molecular flexibility index (Phi) is 4.22. The highest BCUT2D eigenvalue weighted by molar-refractivity contribution is 5.88. The molecule has 0 fully saturated rings. The lowest BCUT2D eigenvalue weighted by atomic mass is 10.0. The number of hydrogen-bond donors (Lipinski definition) is 3. The summed E-state index contributed by atoms with van der Waals surface area (Å²) in [6.45, 7) is 3.48. The van der Waals surface area contributed by atoms with E-state index >= 15 is 0 Å². The van der Waals surface area contributed by atoms with Crippen molar-refractivity contribution in [1.82, 2.24) is 0 Å². The van der Waals surface area contributed by atoms with Crippen molar-refractivity contribution in [2.45, 2.75) is 26.1 Å². The number of phenols is 1. The van der Waals surface area contributed by atoms with Gasteiger partial charge in [-0.15, -0.1) is 0 Å². The van der Waals surface area contributed by atoms with Gasteiger partial charge in [0.25, 0.3) is 0 Å². The first kappa shape index (κ1) is 16.4. The van der Waals surface area contributed by atoms with E-state index in [1.165, 1.54) is 7.11 Å². The Bertz CT molecular complexity index is 879. The van der Waals surface area contributed by atoms with Crippen molar-refractivity contribution < 1.29 is 24.5 Å². The molecule has 3 aromatic rings. The Morgan fingerprint density at radius 3 is 2.50 bits per heavy atom. The number of benzene rings is 2. The standard InChI is InChI=1S/C19H20O5/c1-10-14-8-12(18(22)11(2)20)5-7-16(14)24-19(10)13-4-6-15(21)17(9-13)23-3/h4-9,11,18,20-22H,1-3H3/t11-,18-/m0/s1. The van der Waals surface area contributed by atoms with Crippen molar-refractivity contribution in [2.24, 2.45) is 0 Å². The van der Waals surface area contributed by atoms with Crippen molar-refractivity contribution in [3.8, 4) is 22.8 Å². The fraction of sp³-hybridized carbons (Fsp3) is 0.263. The van der Waals surface area contributed by atoms with E-state index in [1.54, 1.807) is 37.3 Å². The van der Waals surface area contributed by atoms with Crippen molar-refractivity contribution in [3.05, 3.63) is 47.5 Å². The summed E-state index contributed by atoms with van der Waals surface area (Å²) in [7, 11) is 1.49. The van der Waals surface area contributed by atoms with Gasteiger partial charge in [0.2, 0.25) is 0 Å². The molecule has 24 heavy (non-hydrogen) atoms. The molecule has 126 valence electrons. The largest absolute Gasteiger partial charge is 0.504 e. The molecule has 5 heteroatoms. The predicted molar refractivity (Wildman–Crippen MR) is 91.2 cm³/mol. The van der Waals surface area contributed by atoms with E-state index in [0.717, 1.165) is 16.5 Å². The molecule has 0 radical (unpaired) electrons. The highest BCUT2D eigenvalue weighted by atomic mass is 16.5. The fourth-order valence-corrected chi connectivity index (χ4v) is 2.80. The van der Waals surface area contributed by atoms with E-state index in [-0.39, 0.29) is 5.75 Å². The first-order chi connectivity index (χ1) is 11.4. The highest BCUT2D eigenvalue weighted by Crippen LogP contribution is 2.38. The molecule has 2 aromatic carbocycles. The summed E-state index contributed by atoms with van der Waals surface area (Å²) >= 11 is 0. The van der Waals surface area contributed by atoms with Crippen LogP contribution >= 0.6 is 0 Å². The molecule has 0 saturated carbocycles. The molecule has 5 nitrogen and oxygen atoms in total. The van der Waals surface area contributed by atoms with Gasteiger partial charge in [0.05, 0.1) is 13.2 Å². The number of fused-ring (bicyclic) bond motifs is 1. The average molecular weight is 328 g/mol. The van der Waals surface area contributed by atoms with Gasteiger partial charge < -0.3 is 24.5 Å². The summed E-state index contributed by atoms with van der Waals surface area (Å²) in [5, 5.41) is 30.2. The number of aliphatic hydroxyl groups is 2. The van der Waals surface area contributed by atoms with Crippen LogP contribution < -0.4 is 4.74 Å². The van der Waals surface area contributed by atoms with Crippen LogP contribution in [-0.4, -0.2) is 28.5 Å². The SMILES string of the molecule is COc1cc(-c2oc3ccc([C@@H](O)[C@H](C)O)cc3c2C)ccc1O. The molecule has 1 heterocycles. The first-order valence-electron chi connectivity index (χ1n) is 7.69. The molecule has 0 unspecified atom stereocenters. The second-order valence-corrected chi connectivity index (χ2v) is 5.88. The molecule has 0 aliphatic carbocycles. The number of phenolic OH excluding ortho intramolecular Hbond substituents is 1. The van der Waals surface area contributed by atoms with E-state index < -0.39 is 12.2 Å². The number of rotatable bonds is 4. The molecule has 0 spiro atoms. The minimum absolute atomic E-state index is 0.0670. The summed E-state index contributed by atoms with van der Waals surface area (Å²) < 4.78 is 11.1. The molecule has 0 bridgehead atoms.